The first-order valence-corrected chi connectivity index (χ1v) is 10.3. The van der Waals surface area contributed by atoms with Crippen LogP contribution >= 0.6 is 0 Å². The molecule has 0 spiro atoms. The van der Waals surface area contributed by atoms with Crippen molar-refractivity contribution in [1.29, 1.82) is 0 Å². The zero-order valence-electron chi connectivity index (χ0n) is 15.0. The van der Waals surface area contributed by atoms with Crippen molar-refractivity contribution in [2.45, 2.75) is 38.1 Å². The summed E-state index contributed by atoms with van der Waals surface area (Å²) in [6.45, 7) is 1.49. The Labute approximate surface area is 149 Å². The second-order valence-corrected chi connectivity index (χ2v) is 8.90. The number of amides is 1. The van der Waals surface area contributed by atoms with Gasteiger partial charge in [0, 0.05) is 52.5 Å². The quantitative estimate of drug-likeness (QED) is 0.782. The zero-order chi connectivity index (χ0) is 18.0. The summed E-state index contributed by atoms with van der Waals surface area (Å²) in [7, 11) is 0.000130. The van der Waals surface area contributed by atoms with Crippen molar-refractivity contribution in [1.82, 2.24) is 23.3 Å². The van der Waals surface area contributed by atoms with Gasteiger partial charge in [0.05, 0.1) is 11.8 Å². The van der Waals surface area contributed by atoms with Crippen LogP contribution in [-0.4, -0.2) is 76.9 Å². The van der Waals surface area contributed by atoms with Crippen LogP contribution in [-0.2, 0) is 17.3 Å². The third-order valence-corrected chi connectivity index (χ3v) is 7.30. The molecule has 0 atom stereocenters. The second-order valence-electron chi connectivity index (χ2n) is 6.91. The fourth-order valence-electron chi connectivity index (χ4n) is 3.65. The lowest BCUT2D eigenvalue weighted by Crippen LogP contribution is -2.55. The van der Waals surface area contributed by atoms with Crippen LogP contribution in [0.15, 0.2) is 12.4 Å². The molecule has 25 heavy (non-hydrogen) atoms. The van der Waals surface area contributed by atoms with E-state index in [0.717, 1.165) is 25.7 Å². The highest BCUT2D eigenvalue weighted by atomic mass is 32.2. The summed E-state index contributed by atoms with van der Waals surface area (Å²) in [6, 6.07) is 0.105. The molecule has 1 aliphatic heterocycles. The van der Waals surface area contributed by atoms with E-state index in [2.05, 4.69) is 5.10 Å². The molecular weight excluding hydrogens is 342 g/mol. The van der Waals surface area contributed by atoms with Crippen molar-refractivity contribution in [3.63, 3.8) is 0 Å². The lowest BCUT2D eigenvalue weighted by molar-refractivity contribution is 0.0692. The van der Waals surface area contributed by atoms with Gasteiger partial charge in [-0.3, -0.25) is 9.48 Å². The van der Waals surface area contributed by atoms with Crippen molar-refractivity contribution in [3.05, 3.63) is 18.0 Å². The zero-order valence-corrected chi connectivity index (χ0v) is 15.8. The Bertz CT molecular complexity index is 703. The van der Waals surface area contributed by atoms with Gasteiger partial charge in [-0.15, -0.1) is 0 Å². The van der Waals surface area contributed by atoms with E-state index < -0.39 is 10.2 Å². The summed E-state index contributed by atoms with van der Waals surface area (Å²) < 4.78 is 30.4. The predicted molar refractivity (Wildman–Crippen MR) is 94.2 cm³/mol. The average Bonchev–Trinajstić information content (AvgIpc) is 3.07. The van der Waals surface area contributed by atoms with Gasteiger partial charge < -0.3 is 4.90 Å². The van der Waals surface area contributed by atoms with Crippen molar-refractivity contribution in [2.75, 3.05) is 33.2 Å². The van der Waals surface area contributed by atoms with Crippen molar-refractivity contribution >= 4 is 16.1 Å². The number of nitrogens with zero attached hydrogens (tertiary/aromatic N) is 5. The summed E-state index contributed by atoms with van der Waals surface area (Å²) in [5, 5.41) is 4.02. The fourth-order valence-corrected chi connectivity index (χ4v) is 5.23. The highest BCUT2D eigenvalue weighted by Gasteiger charge is 2.35. The summed E-state index contributed by atoms with van der Waals surface area (Å²) in [6.07, 6.45) is 8.49. The number of rotatable bonds is 4. The SMILES string of the molecule is CN(C1CCCCC1)S(=O)(=O)N1CCN(C(=O)c2cnn(C)c2)CC1. The molecule has 0 unspecified atom stereocenters. The van der Waals surface area contributed by atoms with E-state index in [1.54, 1.807) is 40.4 Å². The third kappa shape index (κ3) is 3.88. The maximum atomic E-state index is 12.9. The second kappa shape index (κ2) is 7.43. The maximum Gasteiger partial charge on any atom is 0.282 e. The summed E-state index contributed by atoms with van der Waals surface area (Å²) in [5.41, 5.74) is 0.540. The Kier molecular flexibility index (Phi) is 5.45. The molecule has 1 saturated heterocycles. The first-order chi connectivity index (χ1) is 11.9. The molecule has 0 radical (unpaired) electrons. The van der Waals surface area contributed by atoms with Crippen LogP contribution in [0.25, 0.3) is 0 Å². The number of carbonyl (C=O) groups excluding carboxylic acids is 1. The summed E-state index contributed by atoms with van der Waals surface area (Å²) >= 11 is 0. The smallest absolute Gasteiger partial charge is 0.282 e. The van der Waals surface area contributed by atoms with Crippen LogP contribution in [0.5, 0.6) is 0 Å². The van der Waals surface area contributed by atoms with Gasteiger partial charge in [-0.25, -0.2) is 0 Å². The Morgan fingerprint density at radius 1 is 1.16 bits per heavy atom. The van der Waals surface area contributed by atoms with Gasteiger partial charge in [0.25, 0.3) is 16.1 Å². The summed E-state index contributed by atoms with van der Waals surface area (Å²) in [4.78, 5) is 14.1. The molecule has 0 N–H and O–H groups in total. The van der Waals surface area contributed by atoms with Crippen molar-refractivity contribution in [3.8, 4) is 0 Å². The Morgan fingerprint density at radius 3 is 2.36 bits per heavy atom. The van der Waals surface area contributed by atoms with Crippen LogP contribution in [0, 0.1) is 0 Å². The minimum absolute atomic E-state index is 0.0919. The number of piperazine rings is 1. The Hall–Kier alpha value is -1.45. The highest BCUT2D eigenvalue weighted by Crippen LogP contribution is 2.25. The minimum Gasteiger partial charge on any atom is -0.336 e. The number of aromatic nitrogens is 2. The van der Waals surface area contributed by atoms with Gasteiger partial charge in [0.15, 0.2) is 0 Å². The number of carbonyl (C=O) groups is 1. The number of hydrogen-bond acceptors (Lipinski definition) is 4. The van der Waals surface area contributed by atoms with Gasteiger partial charge in [-0.05, 0) is 12.8 Å². The van der Waals surface area contributed by atoms with Gasteiger partial charge >= 0.3 is 0 Å². The minimum atomic E-state index is -3.46. The van der Waals surface area contributed by atoms with Gasteiger partial charge in [-0.2, -0.15) is 22.1 Å². The maximum absolute atomic E-state index is 12.9. The van der Waals surface area contributed by atoms with Crippen molar-refractivity contribution < 1.29 is 13.2 Å². The van der Waals surface area contributed by atoms with Crippen LogP contribution < -0.4 is 0 Å². The molecule has 3 rings (SSSR count). The first-order valence-electron chi connectivity index (χ1n) is 8.90. The molecule has 1 aliphatic carbocycles. The molecule has 8 nitrogen and oxygen atoms in total. The molecule has 1 aromatic rings. The molecule has 1 saturated carbocycles. The molecule has 0 bridgehead atoms. The van der Waals surface area contributed by atoms with E-state index in [1.165, 1.54) is 10.7 Å². The summed E-state index contributed by atoms with van der Waals surface area (Å²) in [5.74, 6) is -0.0919. The molecule has 9 heteroatoms. The van der Waals surface area contributed by atoms with Crippen LogP contribution in [0.3, 0.4) is 0 Å². The molecule has 2 aliphatic rings. The lowest BCUT2D eigenvalue weighted by Gasteiger charge is -2.38. The molecule has 1 aromatic heterocycles. The fraction of sp³-hybridized carbons (Fsp3) is 0.750. The molecule has 2 fully saturated rings. The van der Waals surface area contributed by atoms with Crippen molar-refractivity contribution in [2.24, 2.45) is 7.05 Å². The van der Waals surface area contributed by atoms with Crippen LogP contribution in [0.1, 0.15) is 42.5 Å². The van der Waals surface area contributed by atoms with E-state index in [4.69, 9.17) is 0 Å². The van der Waals surface area contributed by atoms with E-state index >= 15 is 0 Å². The normalized spacial score (nSPS) is 21.0. The van der Waals surface area contributed by atoms with Crippen LogP contribution in [0.4, 0.5) is 0 Å². The predicted octanol–water partition coefficient (Wildman–Crippen LogP) is 0.687. The largest absolute Gasteiger partial charge is 0.336 e. The van der Waals surface area contributed by atoms with Crippen LogP contribution in [0.2, 0.25) is 0 Å². The number of aryl methyl sites for hydroxylation is 1. The molecule has 1 amide bonds. The Morgan fingerprint density at radius 2 is 1.80 bits per heavy atom. The van der Waals surface area contributed by atoms with E-state index in [-0.39, 0.29) is 11.9 Å². The van der Waals surface area contributed by atoms with Gasteiger partial charge in [0.1, 0.15) is 0 Å². The molecule has 140 valence electrons. The third-order valence-electron chi connectivity index (χ3n) is 5.26. The topological polar surface area (TPSA) is 78.8 Å². The number of hydrogen-bond donors (Lipinski definition) is 0. The highest BCUT2D eigenvalue weighted by molar-refractivity contribution is 7.86. The van der Waals surface area contributed by atoms with E-state index in [1.807, 2.05) is 0 Å². The lowest BCUT2D eigenvalue weighted by atomic mass is 9.96. The van der Waals surface area contributed by atoms with E-state index in [0.29, 0.717) is 31.7 Å². The average molecular weight is 369 g/mol. The van der Waals surface area contributed by atoms with E-state index in [9.17, 15) is 13.2 Å². The molecular formula is C16H27N5O3S. The first kappa shape index (κ1) is 18.3. The molecule has 2 heterocycles. The Balaban J connectivity index is 1.60. The standard InChI is InChI=1S/C16H27N5O3S/c1-18-13-14(12-17-18)16(22)20-8-10-21(11-9-20)25(23,24)19(2)15-6-4-3-5-7-15/h12-13,15H,3-11H2,1-2H3. The van der Waals surface area contributed by atoms with Gasteiger partial charge in [-0.1, -0.05) is 19.3 Å². The monoisotopic (exact) mass is 369 g/mol. The molecule has 0 aromatic carbocycles. The van der Waals surface area contributed by atoms with Gasteiger partial charge in [0.2, 0.25) is 0 Å².